The van der Waals surface area contributed by atoms with E-state index >= 15 is 0 Å². The van der Waals surface area contributed by atoms with Crippen molar-refractivity contribution in [1.82, 2.24) is 9.80 Å². The second kappa shape index (κ2) is 8.01. The lowest BCUT2D eigenvalue weighted by Gasteiger charge is -2.34. The van der Waals surface area contributed by atoms with Crippen LogP contribution in [0.4, 0.5) is 13.2 Å². The fourth-order valence-electron chi connectivity index (χ4n) is 3.25. The number of amides is 1. The van der Waals surface area contributed by atoms with E-state index in [0.717, 1.165) is 37.1 Å². The minimum Gasteiger partial charge on any atom is -0.343 e. The van der Waals surface area contributed by atoms with Crippen molar-refractivity contribution in [2.75, 3.05) is 26.2 Å². The molecular weight excluding hydrogens is 317 g/mol. The lowest BCUT2D eigenvalue weighted by atomic mass is 9.96. The molecule has 1 fully saturated rings. The summed E-state index contributed by atoms with van der Waals surface area (Å²) in [5.41, 5.74) is 0.221. The maximum Gasteiger partial charge on any atom is 0.416 e. The molecule has 3 nitrogen and oxygen atoms in total. The van der Waals surface area contributed by atoms with Crippen molar-refractivity contribution in [3.63, 3.8) is 0 Å². The van der Waals surface area contributed by atoms with Gasteiger partial charge >= 0.3 is 6.18 Å². The molecule has 0 bridgehead atoms. The first-order valence-corrected chi connectivity index (χ1v) is 8.52. The van der Waals surface area contributed by atoms with Gasteiger partial charge in [-0.25, -0.2) is 0 Å². The Kier molecular flexibility index (Phi) is 6.27. The number of nitrogens with zero attached hydrogens (tertiary/aromatic N) is 2. The molecule has 6 heteroatoms. The zero-order chi connectivity index (χ0) is 17.7. The molecule has 1 saturated heterocycles. The molecule has 0 unspecified atom stereocenters. The lowest BCUT2D eigenvalue weighted by Crippen LogP contribution is -2.44. The smallest absolute Gasteiger partial charge is 0.343 e. The first-order chi connectivity index (χ1) is 11.3. The molecule has 1 aliphatic rings. The van der Waals surface area contributed by atoms with Crippen LogP contribution in [-0.2, 0) is 17.5 Å². The average Bonchev–Trinajstić information content (AvgIpc) is 2.56. The van der Waals surface area contributed by atoms with Crippen LogP contribution in [-0.4, -0.2) is 41.9 Å². The fraction of sp³-hybridized carbons (Fsp3) is 0.611. The van der Waals surface area contributed by atoms with Gasteiger partial charge in [0.25, 0.3) is 0 Å². The molecule has 1 aromatic rings. The van der Waals surface area contributed by atoms with E-state index in [4.69, 9.17) is 0 Å². The van der Waals surface area contributed by atoms with Crippen LogP contribution in [0.5, 0.6) is 0 Å². The fourth-order valence-corrected chi connectivity index (χ4v) is 3.25. The maximum atomic E-state index is 12.6. The second-order valence-electron chi connectivity index (χ2n) is 6.28. The summed E-state index contributed by atoms with van der Waals surface area (Å²) in [5.74, 6) is 0.185. The number of hydrogen-bond donors (Lipinski definition) is 0. The predicted molar refractivity (Wildman–Crippen MR) is 87.4 cm³/mol. The number of halogens is 3. The van der Waals surface area contributed by atoms with Gasteiger partial charge in [0.15, 0.2) is 0 Å². The largest absolute Gasteiger partial charge is 0.416 e. The third-order valence-corrected chi connectivity index (χ3v) is 4.62. The molecular formula is C18H25F3N2O. The van der Waals surface area contributed by atoms with Crippen LogP contribution in [0, 0.1) is 5.92 Å². The molecule has 1 atom stereocenters. The highest BCUT2D eigenvalue weighted by molar-refractivity contribution is 5.79. The highest BCUT2D eigenvalue weighted by Crippen LogP contribution is 2.29. The molecule has 1 aliphatic heterocycles. The third kappa shape index (κ3) is 4.72. The third-order valence-electron chi connectivity index (χ3n) is 4.62. The summed E-state index contributed by atoms with van der Waals surface area (Å²) in [5, 5.41) is 0. The van der Waals surface area contributed by atoms with Gasteiger partial charge in [-0.2, -0.15) is 13.2 Å². The number of rotatable bonds is 5. The van der Waals surface area contributed by atoms with Crippen LogP contribution >= 0.6 is 0 Å². The highest BCUT2D eigenvalue weighted by atomic mass is 19.4. The first kappa shape index (κ1) is 18.8. The molecule has 1 amide bonds. The van der Waals surface area contributed by atoms with Gasteiger partial charge in [0.1, 0.15) is 0 Å². The Labute approximate surface area is 141 Å². The van der Waals surface area contributed by atoms with E-state index in [-0.39, 0.29) is 11.8 Å². The quantitative estimate of drug-likeness (QED) is 0.813. The molecule has 0 spiro atoms. The minimum atomic E-state index is -4.30. The summed E-state index contributed by atoms with van der Waals surface area (Å²) in [6, 6.07) is 5.30. The molecule has 0 radical (unpaired) electrons. The number of carbonyl (C=O) groups excluding carboxylic acids is 1. The number of likely N-dealkylation sites (tertiary alicyclic amines) is 1. The molecule has 1 heterocycles. The SMILES string of the molecule is CCN(CC)C(=O)[C@@H]1CCCN(Cc2ccc(C(F)(F)F)cc2)C1. The van der Waals surface area contributed by atoms with E-state index in [0.29, 0.717) is 26.2 Å². The minimum absolute atomic E-state index is 0.00639. The van der Waals surface area contributed by atoms with Crippen LogP contribution in [0.25, 0.3) is 0 Å². The summed E-state index contributed by atoms with van der Waals surface area (Å²) in [4.78, 5) is 16.5. The molecule has 2 rings (SSSR count). The van der Waals surface area contributed by atoms with Gasteiger partial charge in [-0.1, -0.05) is 12.1 Å². The summed E-state index contributed by atoms with van der Waals surface area (Å²) in [7, 11) is 0. The van der Waals surface area contributed by atoms with Crippen molar-refractivity contribution >= 4 is 5.91 Å². The van der Waals surface area contributed by atoms with Crippen molar-refractivity contribution in [2.24, 2.45) is 5.92 Å². The Morgan fingerprint density at radius 1 is 1.21 bits per heavy atom. The van der Waals surface area contributed by atoms with Gasteiger partial charge in [-0.05, 0) is 50.9 Å². The van der Waals surface area contributed by atoms with Crippen molar-refractivity contribution in [3.8, 4) is 0 Å². The van der Waals surface area contributed by atoms with Crippen LogP contribution in [0.3, 0.4) is 0 Å². The van der Waals surface area contributed by atoms with Crippen LogP contribution in [0.2, 0.25) is 0 Å². The molecule has 1 aromatic carbocycles. The van der Waals surface area contributed by atoms with Crippen LogP contribution in [0.1, 0.15) is 37.8 Å². The van der Waals surface area contributed by atoms with E-state index in [1.165, 1.54) is 12.1 Å². The van der Waals surface area contributed by atoms with Crippen molar-refractivity contribution in [2.45, 2.75) is 39.4 Å². The molecule has 0 N–H and O–H groups in total. The summed E-state index contributed by atoms with van der Waals surface area (Å²) in [6.07, 6.45) is -2.47. The monoisotopic (exact) mass is 342 g/mol. The standard InChI is InChI=1S/C18H25F3N2O/c1-3-23(4-2)17(24)15-6-5-11-22(13-15)12-14-7-9-16(10-8-14)18(19,20)21/h7-10,15H,3-6,11-13H2,1-2H3/t15-/m1/s1. The normalized spacial score (nSPS) is 19.3. The van der Waals surface area contributed by atoms with E-state index < -0.39 is 11.7 Å². The summed E-state index contributed by atoms with van der Waals surface area (Å²) < 4.78 is 37.8. The average molecular weight is 342 g/mol. The second-order valence-corrected chi connectivity index (χ2v) is 6.28. The van der Waals surface area contributed by atoms with Gasteiger partial charge < -0.3 is 4.90 Å². The Morgan fingerprint density at radius 2 is 1.83 bits per heavy atom. The number of benzene rings is 1. The topological polar surface area (TPSA) is 23.6 Å². The number of carbonyl (C=O) groups is 1. The van der Waals surface area contributed by atoms with Gasteiger partial charge in [-0.3, -0.25) is 9.69 Å². The van der Waals surface area contributed by atoms with Gasteiger partial charge in [0.2, 0.25) is 5.91 Å². The highest BCUT2D eigenvalue weighted by Gasteiger charge is 2.30. The molecule has 0 aromatic heterocycles. The Hall–Kier alpha value is -1.56. The van der Waals surface area contributed by atoms with Gasteiger partial charge in [0, 0.05) is 26.2 Å². The molecule has 0 saturated carbocycles. The molecule has 24 heavy (non-hydrogen) atoms. The van der Waals surface area contributed by atoms with E-state index in [1.807, 2.05) is 18.7 Å². The van der Waals surface area contributed by atoms with E-state index in [1.54, 1.807) is 0 Å². The van der Waals surface area contributed by atoms with Crippen molar-refractivity contribution in [3.05, 3.63) is 35.4 Å². The Bertz CT molecular complexity index is 538. The number of alkyl halides is 3. The summed E-state index contributed by atoms with van der Waals surface area (Å²) >= 11 is 0. The predicted octanol–water partition coefficient (Wildman–Crippen LogP) is 3.79. The Balaban J connectivity index is 1.96. The maximum absolute atomic E-state index is 12.6. The van der Waals surface area contributed by atoms with Gasteiger partial charge in [-0.15, -0.1) is 0 Å². The first-order valence-electron chi connectivity index (χ1n) is 8.52. The zero-order valence-electron chi connectivity index (χ0n) is 14.3. The molecule has 134 valence electrons. The van der Waals surface area contributed by atoms with Crippen LogP contribution < -0.4 is 0 Å². The molecule has 0 aliphatic carbocycles. The van der Waals surface area contributed by atoms with Crippen molar-refractivity contribution in [1.29, 1.82) is 0 Å². The van der Waals surface area contributed by atoms with E-state index in [2.05, 4.69) is 4.90 Å². The number of piperidine rings is 1. The van der Waals surface area contributed by atoms with Gasteiger partial charge in [0.05, 0.1) is 11.5 Å². The Morgan fingerprint density at radius 3 is 2.38 bits per heavy atom. The number of hydrogen-bond acceptors (Lipinski definition) is 2. The van der Waals surface area contributed by atoms with Crippen LogP contribution in [0.15, 0.2) is 24.3 Å². The lowest BCUT2D eigenvalue weighted by molar-refractivity contribution is -0.138. The summed E-state index contributed by atoms with van der Waals surface area (Å²) in [6.45, 7) is 7.52. The van der Waals surface area contributed by atoms with Crippen molar-refractivity contribution < 1.29 is 18.0 Å². The zero-order valence-corrected chi connectivity index (χ0v) is 14.3. The van der Waals surface area contributed by atoms with E-state index in [9.17, 15) is 18.0 Å².